The van der Waals surface area contributed by atoms with Crippen molar-refractivity contribution in [3.63, 3.8) is 0 Å². The van der Waals surface area contributed by atoms with E-state index in [1.807, 2.05) is 78.9 Å². The predicted molar refractivity (Wildman–Crippen MR) is 138 cm³/mol. The molecule has 0 atom stereocenters. The number of carboxylic acid groups (broad SMARTS) is 1. The van der Waals surface area contributed by atoms with Gasteiger partial charge in [-0.05, 0) is 51.6 Å². The molecular formula is C29H26N2O6. The first-order valence-corrected chi connectivity index (χ1v) is 11.6. The second kappa shape index (κ2) is 12.6. The van der Waals surface area contributed by atoms with Crippen molar-refractivity contribution in [2.75, 3.05) is 6.67 Å². The van der Waals surface area contributed by atoms with Crippen molar-refractivity contribution in [3.8, 4) is 22.3 Å². The molecule has 8 nitrogen and oxygen atoms in total. The molecule has 4 N–H and O–H groups in total. The molecule has 0 aliphatic rings. The second-order valence-corrected chi connectivity index (χ2v) is 8.17. The standard InChI is InChI=1S/C29H26N2O6/c32-28(26-14-13-23(16-27(26)29(33)34)21-9-5-2-6-10-21)30-19-31-36-17-24-12-11-22(15-25(24)18-37-35)20-7-3-1-4-8-20/h1-16,31,35H,17-19H2,(H,30,32)(H,33,34). The average molecular weight is 499 g/mol. The van der Waals surface area contributed by atoms with E-state index in [2.05, 4.69) is 15.7 Å². The number of amides is 1. The van der Waals surface area contributed by atoms with Crippen LogP contribution in [0.15, 0.2) is 97.1 Å². The van der Waals surface area contributed by atoms with Crippen LogP contribution in [0.5, 0.6) is 0 Å². The van der Waals surface area contributed by atoms with Crippen LogP contribution in [0.2, 0.25) is 0 Å². The molecule has 0 spiro atoms. The summed E-state index contributed by atoms with van der Waals surface area (Å²) in [5, 5.41) is 21.2. The average Bonchev–Trinajstić information content (AvgIpc) is 2.94. The number of hydroxylamine groups is 1. The summed E-state index contributed by atoms with van der Waals surface area (Å²) in [6, 6.07) is 29.6. The number of hydrogen-bond donors (Lipinski definition) is 4. The predicted octanol–water partition coefficient (Wildman–Crippen LogP) is 5.12. The van der Waals surface area contributed by atoms with E-state index in [4.69, 9.17) is 10.1 Å². The van der Waals surface area contributed by atoms with Crippen molar-refractivity contribution >= 4 is 11.9 Å². The molecule has 37 heavy (non-hydrogen) atoms. The lowest BCUT2D eigenvalue weighted by molar-refractivity contribution is -0.253. The lowest BCUT2D eigenvalue weighted by Crippen LogP contribution is -2.34. The van der Waals surface area contributed by atoms with Gasteiger partial charge in [0.2, 0.25) is 0 Å². The van der Waals surface area contributed by atoms with Gasteiger partial charge in [0.1, 0.15) is 6.61 Å². The van der Waals surface area contributed by atoms with Gasteiger partial charge in [-0.2, -0.15) is 5.48 Å². The third-order valence-corrected chi connectivity index (χ3v) is 5.79. The molecule has 0 unspecified atom stereocenters. The lowest BCUT2D eigenvalue weighted by atomic mass is 9.98. The van der Waals surface area contributed by atoms with Crippen LogP contribution in [-0.2, 0) is 22.9 Å². The van der Waals surface area contributed by atoms with Crippen molar-refractivity contribution in [2.24, 2.45) is 0 Å². The first kappa shape index (κ1) is 25.7. The summed E-state index contributed by atoms with van der Waals surface area (Å²) >= 11 is 0. The van der Waals surface area contributed by atoms with E-state index in [1.54, 1.807) is 6.07 Å². The summed E-state index contributed by atoms with van der Waals surface area (Å²) in [4.78, 5) is 34.3. The SMILES string of the molecule is O=C(O)c1cc(-c2ccccc2)ccc1C(=O)NCNOCc1ccc(-c2ccccc2)cc1COO. The highest BCUT2D eigenvalue weighted by molar-refractivity contribution is 6.05. The van der Waals surface area contributed by atoms with Gasteiger partial charge in [-0.3, -0.25) is 14.9 Å². The molecule has 188 valence electrons. The molecule has 0 saturated heterocycles. The van der Waals surface area contributed by atoms with Gasteiger partial charge in [0, 0.05) is 0 Å². The summed E-state index contributed by atoms with van der Waals surface area (Å²) in [5.74, 6) is -1.74. The van der Waals surface area contributed by atoms with E-state index in [0.29, 0.717) is 5.56 Å². The van der Waals surface area contributed by atoms with Crippen molar-refractivity contribution in [3.05, 3.63) is 119 Å². The van der Waals surface area contributed by atoms with Crippen LogP contribution in [0.4, 0.5) is 0 Å². The van der Waals surface area contributed by atoms with Gasteiger partial charge in [0.15, 0.2) is 0 Å². The van der Waals surface area contributed by atoms with E-state index in [9.17, 15) is 14.7 Å². The van der Waals surface area contributed by atoms with Crippen LogP contribution in [0, 0.1) is 0 Å². The van der Waals surface area contributed by atoms with E-state index in [0.717, 1.165) is 27.8 Å². The molecule has 4 aromatic carbocycles. The Hall–Kier alpha value is -4.34. The number of carbonyl (C=O) groups excluding carboxylic acids is 1. The first-order chi connectivity index (χ1) is 18.1. The zero-order valence-electron chi connectivity index (χ0n) is 19.9. The van der Waals surface area contributed by atoms with Gasteiger partial charge in [0.05, 0.1) is 24.4 Å². The molecular weight excluding hydrogens is 472 g/mol. The summed E-state index contributed by atoms with van der Waals surface area (Å²) in [6.07, 6.45) is 0. The normalized spacial score (nSPS) is 10.7. The van der Waals surface area contributed by atoms with E-state index in [1.165, 1.54) is 12.1 Å². The molecule has 0 bridgehead atoms. The van der Waals surface area contributed by atoms with E-state index < -0.39 is 11.9 Å². The van der Waals surface area contributed by atoms with Crippen molar-refractivity contribution in [1.29, 1.82) is 0 Å². The molecule has 0 heterocycles. The third kappa shape index (κ3) is 6.66. The molecule has 8 heteroatoms. The Kier molecular flexibility index (Phi) is 8.75. The van der Waals surface area contributed by atoms with Crippen LogP contribution in [0.1, 0.15) is 31.8 Å². The van der Waals surface area contributed by atoms with Crippen molar-refractivity contribution in [2.45, 2.75) is 13.2 Å². The van der Waals surface area contributed by atoms with Crippen molar-refractivity contribution in [1.82, 2.24) is 10.8 Å². The minimum atomic E-state index is -1.19. The van der Waals surface area contributed by atoms with Gasteiger partial charge >= 0.3 is 5.97 Å². The quantitative estimate of drug-likeness (QED) is 0.0982. The summed E-state index contributed by atoms with van der Waals surface area (Å²) in [6.45, 7) is 0.0923. The fourth-order valence-electron chi connectivity index (χ4n) is 3.90. The minimum Gasteiger partial charge on any atom is -0.478 e. The molecule has 0 radical (unpaired) electrons. The number of aromatic carboxylic acids is 1. The van der Waals surface area contributed by atoms with Gasteiger partial charge in [-0.15, -0.1) is 0 Å². The molecule has 0 aromatic heterocycles. The number of nitrogens with one attached hydrogen (secondary N) is 2. The second-order valence-electron chi connectivity index (χ2n) is 8.17. The van der Waals surface area contributed by atoms with E-state index in [-0.39, 0.29) is 31.0 Å². The molecule has 4 aromatic rings. The summed E-state index contributed by atoms with van der Waals surface area (Å²) < 4.78 is 0. The Labute approximate surface area is 214 Å². The van der Waals surface area contributed by atoms with Gasteiger partial charge < -0.3 is 10.4 Å². The Morgan fingerprint density at radius 2 is 1.30 bits per heavy atom. The van der Waals surface area contributed by atoms with E-state index >= 15 is 0 Å². The van der Waals surface area contributed by atoms with Gasteiger partial charge in [-0.25, -0.2) is 9.68 Å². The van der Waals surface area contributed by atoms with Crippen LogP contribution < -0.4 is 10.8 Å². The molecule has 0 aliphatic carbocycles. The number of carboxylic acids is 1. The number of rotatable bonds is 11. The van der Waals surface area contributed by atoms with Crippen LogP contribution >= 0.6 is 0 Å². The number of hydrogen-bond acceptors (Lipinski definition) is 6. The Bertz CT molecular complexity index is 1360. The summed E-state index contributed by atoms with van der Waals surface area (Å²) in [5.41, 5.74) is 7.72. The molecule has 0 aliphatic heterocycles. The Balaban J connectivity index is 1.34. The monoisotopic (exact) mass is 498 g/mol. The third-order valence-electron chi connectivity index (χ3n) is 5.79. The zero-order valence-corrected chi connectivity index (χ0v) is 19.9. The summed E-state index contributed by atoms with van der Waals surface area (Å²) in [7, 11) is 0. The molecule has 1 amide bonds. The largest absolute Gasteiger partial charge is 0.478 e. The first-order valence-electron chi connectivity index (χ1n) is 11.6. The fraction of sp³-hybridized carbons (Fsp3) is 0.103. The van der Waals surface area contributed by atoms with Crippen LogP contribution in [0.3, 0.4) is 0 Å². The van der Waals surface area contributed by atoms with Crippen LogP contribution in [-0.4, -0.2) is 28.9 Å². The maximum absolute atomic E-state index is 12.6. The maximum Gasteiger partial charge on any atom is 0.336 e. The smallest absolute Gasteiger partial charge is 0.336 e. The Morgan fingerprint density at radius 1 is 0.676 bits per heavy atom. The molecule has 0 fully saturated rings. The maximum atomic E-state index is 12.6. The number of benzene rings is 4. The highest BCUT2D eigenvalue weighted by atomic mass is 17.1. The highest BCUT2D eigenvalue weighted by Crippen LogP contribution is 2.24. The van der Waals surface area contributed by atoms with Gasteiger partial charge in [-0.1, -0.05) is 78.9 Å². The topological polar surface area (TPSA) is 117 Å². The Morgan fingerprint density at radius 3 is 1.92 bits per heavy atom. The molecule has 0 saturated carbocycles. The minimum absolute atomic E-state index is 0.00690. The van der Waals surface area contributed by atoms with Crippen LogP contribution in [0.25, 0.3) is 22.3 Å². The fourth-order valence-corrected chi connectivity index (χ4v) is 3.90. The zero-order chi connectivity index (χ0) is 26.0. The number of carbonyl (C=O) groups is 2. The highest BCUT2D eigenvalue weighted by Gasteiger charge is 2.17. The molecule has 4 rings (SSSR count). The van der Waals surface area contributed by atoms with Crippen molar-refractivity contribution < 1.29 is 29.7 Å². The van der Waals surface area contributed by atoms with Gasteiger partial charge in [0.25, 0.3) is 5.91 Å². The lowest BCUT2D eigenvalue weighted by Gasteiger charge is -2.13.